The van der Waals surface area contributed by atoms with Crippen molar-refractivity contribution in [2.45, 2.75) is 6.18 Å². The molecule has 5 rings (SSSR count). The van der Waals surface area contributed by atoms with Crippen LogP contribution in [0.15, 0.2) is 90.1 Å². The van der Waals surface area contributed by atoms with Crippen molar-refractivity contribution in [2.75, 3.05) is 13.7 Å². The fourth-order valence-corrected chi connectivity index (χ4v) is 3.71. The van der Waals surface area contributed by atoms with Crippen LogP contribution in [0.5, 0.6) is 11.6 Å². The van der Waals surface area contributed by atoms with Gasteiger partial charge in [-0.25, -0.2) is 14.0 Å². The van der Waals surface area contributed by atoms with Crippen LogP contribution < -0.4 is 14.9 Å². The van der Waals surface area contributed by atoms with Crippen LogP contribution in [-0.2, 0) is 0 Å². The third-order valence-corrected chi connectivity index (χ3v) is 5.34. The average Bonchev–Trinajstić information content (AvgIpc) is 3.58. The van der Waals surface area contributed by atoms with Gasteiger partial charge in [-0.15, -0.1) is 0 Å². The summed E-state index contributed by atoms with van der Waals surface area (Å²) in [4.78, 5) is 12.8. The van der Waals surface area contributed by atoms with Gasteiger partial charge >= 0.3 is 6.18 Å². The van der Waals surface area contributed by atoms with Gasteiger partial charge in [0.15, 0.2) is 12.3 Å². The summed E-state index contributed by atoms with van der Waals surface area (Å²) >= 11 is 0. The van der Waals surface area contributed by atoms with E-state index in [9.17, 15) is 18.0 Å². The van der Waals surface area contributed by atoms with Crippen LogP contribution in [0.2, 0.25) is 0 Å². The molecule has 0 bridgehead atoms. The van der Waals surface area contributed by atoms with E-state index in [2.05, 4.69) is 15.3 Å². The van der Waals surface area contributed by atoms with Gasteiger partial charge in [-0.2, -0.15) is 28.5 Å². The molecule has 188 valence electrons. The molecule has 0 radical (unpaired) electrons. The SMILES string of the molecule is COc1cc(-n2nccc2OCC(F)(F)F)ccc1-n1ccc(=O)c(-c2ccnn2-c2ccccc2)n1. The lowest BCUT2D eigenvalue weighted by Crippen LogP contribution is -2.20. The largest absolute Gasteiger partial charge is 0.494 e. The van der Waals surface area contributed by atoms with Crippen LogP contribution in [0.25, 0.3) is 28.5 Å². The first-order valence-corrected chi connectivity index (χ1v) is 11.0. The molecule has 0 aliphatic rings. The molecule has 3 heterocycles. The Bertz CT molecular complexity index is 1590. The quantitative estimate of drug-likeness (QED) is 0.327. The number of aromatic nitrogens is 6. The van der Waals surface area contributed by atoms with E-state index >= 15 is 0 Å². The van der Waals surface area contributed by atoms with E-state index < -0.39 is 12.8 Å². The molecule has 0 N–H and O–H groups in total. The van der Waals surface area contributed by atoms with Gasteiger partial charge in [0.25, 0.3) is 0 Å². The third kappa shape index (κ3) is 4.94. The van der Waals surface area contributed by atoms with Crippen molar-refractivity contribution in [2.24, 2.45) is 0 Å². The molecule has 2 aromatic carbocycles. The highest BCUT2D eigenvalue weighted by molar-refractivity contribution is 5.58. The number of para-hydroxylation sites is 1. The fraction of sp³-hybridized carbons (Fsp3) is 0.120. The summed E-state index contributed by atoms with van der Waals surface area (Å²) in [6.45, 7) is -1.45. The van der Waals surface area contributed by atoms with Gasteiger partial charge in [-0.1, -0.05) is 18.2 Å². The van der Waals surface area contributed by atoms with E-state index in [-0.39, 0.29) is 17.0 Å². The Labute approximate surface area is 207 Å². The highest BCUT2D eigenvalue weighted by atomic mass is 19.4. The maximum atomic E-state index is 12.8. The van der Waals surface area contributed by atoms with E-state index in [0.717, 1.165) is 5.69 Å². The summed E-state index contributed by atoms with van der Waals surface area (Å²) in [6.07, 6.45) is -0.0745. The molecule has 9 nitrogen and oxygen atoms in total. The van der Waals surface area contributed by atoms with Crippen LogP contribution in [0.4, 0.5) is 13.2 Å². The lowest BCUT2D eigenvalue weighted by atomic mass is 10.2. The normalized spacial score (nSPS) is 11.5. The monoisotopic (exact) mass is 508 g/mol. The number of hydrogen-bond donors (Lipinski definition) is 0. The molecule has 0 saturated carbocycles. The number of ether oxygens (including phenoxy) is 2. The second kappa shape index (κ2) is 9.64. The van der Waals surface area contributed by atoms with E-state index in [1.54, 1.807) is 35.1 Å². The van der Waals surface area contributed by atoms with Crippen LogP contribution >= 0.6 is 0 Å². The minimum atomic E-state index is -4.49. The van der Waals surface area contributed by atoms with Crippen molar-refractivity contribution in [1.29, 1.82) is 0 Å². The molecule has 0 amide bonds. The first-order valence-electron chi connectivity index (χ1n) is 11.0. The average molecular weight is 508 g/mol. The van der Waals surface area contributed by atoms with Crippen LogP contribution in [-0.4, -0.2) is 49.2 Å². The van der Waals surface area contributed by atoms with Crippen molar-refractivity contribution in [3.63, 3.8) is 0 Å². The van der Waals surface area contributed by atoms with Gasteiger partial charge in [0.2, 0.25) is 11.3 Å². The summed E-state index contributed by atoms with van der Waals surface area (Å²) in [5, 5.41) is 12.9. The molecule has 0 fully saturated rings. The van der Waals surface area contributed by atoms with E-state index in [1.807, 2.05) is 30.3 Å². The van der Waals surface area contributed by atoms with E-state index in [1.165, 1.54) is 41.0 Å². The molecular formula is C25H19F3N6O3. The zero-order valence-corrected chi connectivity index (χ0v) is 19.3. The van der Waals surface area contributed by atoms with E-state index in [0.29, 0.717) is 22.8 Å². The summed E-state index contributed by atoms with van der Waals surface area (Å²) in [7, 11) is 1.45. The third-order valence-electron chi connectivity index (χ3n) is 5.34. The maximum Gasteiger partial charge on any atom is 0.422 e. The van der Waals surface area contributed by atoms with Gasteiger partial charge in [-0.3, -0.25) is 4.79 Å². The van der Waals surface area contributed by atoms with Gasteiger partial charge in [-0.05, 0) is 30.3 Å². The van der Waals surface area contributed by atoms with Crippen molar-refractivity contribution in [1.82, 2.24) is 29.3 Å². The molecule has 12 heteroatoms. The topological polar surface area (TPSA) is 89.0 Å². The molecule has 0 unspecified atom stereocenters. The molecule has 0 saturated heterocycles. The summed E-state index contributed by atoms with van der Waals surface area (Å²) in [5.74, 6) is 0.263. The first-order chi connectivity index (χ1) is 17.8. The highest BCUT2D eigenvalue weighted by Crippen LogP contribution is 2.28. The number of nitrogens with zero attached hydrogens (tertiary/aromatic N) is 6. The van der Waals surface area contributed by atoms with Crippen LogP contribution in [0.1, 0.15) is 0 Å². The Kier molecular flexibility index (Phi) is 6.22. The van der Waals surface area contributed by atoms with Crippen molar-refractivity contribution in [3.8, 4) is 40.1 Å². The minimum absolute atomic E-state index is 0.0786. The smallest absolute Gasteiger partial charge is 0.422 e. The van der Waals surface area contributed by atoms with E-state index in [4.69, 9.17) is 9.47 Å². The summed E-state index contributed by atoms with van der Waals surface area (Å²) < 4.78 is 52.6. The Hall–Kier alpha value is -4.87. The van der Waals surface area contributed by atoms with Crippen molar-refractivity contribution >= 4 is 0 Å². The second-order valence-corrected chi connectivity index (χ2v) is 7.78. The Balaban J connectivity index is 1.52. The summed E-state index contributed by atoms with van der Waals surface area (Å²) in [5.41, 5.74) is 2.04. The number of alkyl halides is 3. The zero-order chi connectivity index (χ0) is 26.0. The standard InChI is InChI=1S/C25H19F3N6O3/c1-36-22-15-18(34-23(10-13-30-34)37-16-25(26,27)28)7-8-19(22)32-14-11-21(35)24(31-32)20-9-12-29-33(20)17-5-3-2-4-6-17/h2-15H,16H2,1H3. The van der Waals surface area contributed by atoms with Gasteiger partial charge < -0.3 is 9.47 Å². The first kappa shape index (κ1) is 23.9. The molecule has 0 aliphatic carbocycles. The van der Waals surface area contributed by atoms with Crippen molar-refractivity contribution < 1.29 is 22.6 Å². The van der Waals surface area contributed by atoms with Crippen LogP contribution in [0.3, 0.4) is 0 Å². The predicted octanol–water partition coefficient (Wildman–Crippen LogP) is 4.22. The van der Waals surface area contributed by atoms with Gasteiger partial charge in [0.1, 0.15) is 11.4 Å². The number of methoxy groups -OCH3 is 1. The number of rotatable bonds is 7. The molecule has 0 spiro atoms. The molecule has 37 heavy (non-hydrogen) atoms. The van der Waals surface area contributed by atoms with Crippen molar-refractivity contribution in [3.05, 3.63) is 95.5 Å². The zero-order valence-electron chi connectivity index (χ0n) is 19.3. The van der Waals surface area contributed by atoms with Crippen LogP contribution in [0, 0.1) is 0 Å². The molecule has 5 aromatic rings. The Morgan fingerprint density at radius 1 is 0.892 bits per heavy atom. The van der Waals surface area contributed by atoms with Gasteiger partial charge in [0, 0.05) is 24.4 Å². The molecule has 0 aliphatic heterocycles. The molecular weight excluding hydrogens is 489 g/mol. The molecule has 0 atom stereocenters. The lowest BCUT2D eigenvalue weighted by molar-refractivity contribution is -0.154. The predicted molar refractivity (Wildman–Crippen MR) is 128 cm³/mol. The number of halogens is 3. The fourth-order valence-electron chi connectivity index (χ4n) is 3.71. The maximum absolute atomic E-state index is 12.8. The molecule has 3 aromatic heterocycles. The lowest BCUT2D eigenvalue weighted by Gasteiger charge is -2.15. The number of benzene rings is 2. The minimum Gasteiger partial charge on any atom is -0.494 e. The summed E-state index contributed by atoms with van der Waals surface area (Å²) in [6, 6.07) is 18.6. The second-order valence-electron chi connectivity index (χ2n) is 7.78. The Morgan fingerprint density at radius 2 is 1.65 bits per heavy atom. The Morgan fingerprint density at radius 3 is 2.41 bits per heavy atom. The van der Waals surface area contributed by atoms with Gasteiger partial charge in [0.05, 0.1) is 36.6 Å². The number of hydrogen-bond acceptors (Lipinski definition) is 6. The highest BCUT2D eigenvalue weighted by Gasteiger charge is 2.29.